The second-order valence-corrected chi connectivity index (χ2v) is 10.7. The van der Waals surface area contributed by atoms with Gasteiger partial charge in [-0.15, -0.1) is 0 Å². The van der Waals surface area contributed by atoms with E-state index in [4.69, 9.17) is 23.7 Å². The van der Waals surface area contributed by atoms with Gasteiger partial charge in [0.1, 0.15) is 11.5 Å². The normalized spacial score (nSPS) is 17.0. The van der Waals surface area contributed by atoms with Gasteiger partial charge in [0.05, 0.1) is 51.4 Å². The second kappa shape index (κ2) is 15.7. The summed E-state index contributed by atoms with van der Waals surface area (Å²) in [6, 6.07) is 22.9. The van der Waals surface area contributed by atoms with Crippen molar-refractivity contribution in [1.29, 1.82) is 0 Å². The average molecular weight is 574 g/mol. The molecule has 8 heteroatoms. The summed E-state index contributed by atoms with van der Waals surface area (Å²) in [7, 11) is 3.41. The Morgan fingerprint density at radius 3 is 2.67 bits per heavy atom. The van der Waals surface area contributed by atoms with E-state index in [1.807, 2.05) is 30.5 Å². The van der Waals surface area contributed by atoms with Gasteiger partial charge >= 0.3 is 0 Å². The van der Waals surface area contributed by atoms with Gasteiger partial charge in [-0.05, 0) is 54.8 Å². The van der Waals surface area contributed by atoms with E-state index in [1.165, 1.54) is 5.56 Å². The van der Waals surface area contributed by atoms with Crippen LogP contribution >= 0.6 is 0 Å². The Bertz CT molecular complexity index is 1370. The van der Waals surface area contributed by atoms with Crippen molar-refractivity contribution in [3.63, 3.8) is 0 Å². The maximum atomic E-state index is 6.51. The summed E-state index contributed by atoms with van der Waals surface area (Å²) in [5.41, 5.74) is 4.65. The molecule has 0 bridgehead atoms. The molecule has 8 nitrogen and oxygen atoms in total. The summed E-state index contributed by atoms with van der Waals surface area (Å²) in [4.78, 5) is 0. The number of para-hydroxylation sites is 1. The monoisotopic (exact) mass is 573 g/mol. The highest BCUT2D eigenvalue weighted by Crippen LogP contribution is 2.30. The second-order valence-electron chi connectivity index (χ2n) is 10.7. The summed E-state index contributed by atoms with van der Waals surface area (Å²) in [5.74, 6) is 2.08. The molecule has 1 saturated heterocycles. The highest BCUT2D eigenvalue weighted by Gasteiger charge is 2.27. The van der Waals surface area contributed by atoms with Gasteiger partial charge < -0.3 is 29.0 Å². The fraction of sp³-hybridized carbons (Fsp3) is 0.441. The van der Waals surface area contributed by atoms with Crippen LogP contribution < -0.4 is 14.8 Å². The van der Waals surface area contributed by atoms with E-state index in [0.29, 0.717) is 32.3 Å². The van der Waals surface area contributed by atoms with Crippen molar-refractivity contribution >= 4 is 10.9 Å². The minimum Gasteiger partial charge on any atom is -0.496 e. The average Bonchev–Trinajstić information content (AvgIpc) is 3.44. The van der Waals surface area contributed by atoms with Crippen LogP contribution in [0.1, 0.15) is 41.9 Å². The molecular weight excluding hydrogens is 530 g/mol. The minimum absolute atomic E-state index is 0.105. The third-order valence-electron chi connectivity index (χ3n) is 7.78. The largest absolute Gasteiger partial charge is 0.496 e. The summed E-state index contributed by atoms with van der Waals surface area (Å²) in [6.45, 7) is 5.75. The van der Waals surface area contributed by atoms with E-state index < -0.39 is 0 Å². The molecule has 1 aliphatic heterocycles. The van der Waals surface area contributed by atoms with Crippen LogP contribution in [0.25, 0.3) is 10.9 Å². The number of nitrogens with one attached hydrogen (secondary N) is 1. The van der Waals surface area contributed by atoms with Gasteiger partial charge in [0.15, 0.2) is 0 Å². The fourth-order valence-corrected chi connectivity index (χ4v) is 5.50. The Morgan fingerprint density at radius 2 is 1.81 bits per heavy atom. The lowest BCUT2D eigenvalue weighted by Gasteiger charge is -2.32. The van der Waals surface area contributed by atoms with Gasteiger partial charge in [0, 0.05) is 50.1 Å². The number of benzene rings is 3. The Morgan fingerprint density at radius 1 is 0.929 bits per heavy atom. The number of hydrogen-bond acceptors (Lipinski definition) is 7. The molecule has 0 saturated carbocycles. The smallest absolute Gasteiger partial charge is 0.124 e. The van der Waals surface area contributed by atoms with Crippen molar-refractivity contribution in [2.75, 3.05) is 47.1 Å². The molecule has 224 valence electrons. The Labute approximate surface area is 248 Å². The van der Waals surface area contributed by atoms with Crippen LogP contribution in [0.2, 0.25) is 0 Å². The number of piperidine rings is 1. The van der Waals surface area contributed by atoms with Crippen LogP contribution in [-0.4, -0.2) is 63.0 Å². The topological polar surface area (TPSA) is 76.0 Å². The number of fused-ring (bicyclic) bond motifs is 1. The third-order valence-corrected chi connectivity index (χ3v) is 7.78. The Balaban J connectivity index is 1.09. The highest BCUT2D eigenvalue weighted by atomic mass is 16.5. The van der Waals surface area contributed by atoms with Crippen molar-refractivity contribution in [2.45, 2.75) is 51.0 Å². The van der Waals surface area contributed by atoms with Crippen molar-refractivity contribution < 1.29 is 23.7 Å². The maximum Gasteiger partial charge on any atom is 0.124 e. The zero-order chi connectivity index (χ0) is 29.0. The van der Waals surface area contributed by atoms with Crippen molar-refractivity contribution in [2.24, 2.45) is 0 Å². The molecule has 1 aliphatic rings. The quantitative estimate of drug-likeness (QED) is 0.172. The first-order valence-corrected chi connectivity index (χ1v) is 14.9. The molecular formula is C34H43N3O5. The fourth-order valence-electron chi connectivity index (χ4n) is 5.50. The molecule has 0 radical (unpaired) electrons. The number of rotatable bonds is 16. The Kier molecular flexibility index (Phi) is 11.2. The molecule has 3 aromatic carbocycles. The molecule has 5 rings (SSSR count). The van der Waals surface area contributed by atoms with E-state index in [1.54, 1.807) is 14.2 Å². The van der Waals surface area contributed by atoms with Gasteiger partial charge in [0.2, 0.25) is 0 Å². The molecule has 42 heavy (non-hydrogen) atoms. The molecule has 1 aromatic heterocycles. The molecule has 0 unspecified atom stereocenters. The molecule has 0 aliphatic carbocycles. The van der Waals surface area contributed by atoms with Gasteiger partial charge in [-0.25, -0.2) is 0 Å². The van der Waals surface area contributed by atoms with Crippen LogP contribution in [-0.2, 0) is 34.0 Å². The van der Waals surface area contributed by atoms with Gasteiger partial charge in [0.25, 0.3) is 0 Å². The van der Waals surface area contributed by atoms with Crippen molar-refractivity contribution in [1.82, 2.24) is 15.1 Å². The summed E-state index contributed by atoms with van der Waals surface area (Å²) in [6.07, 6.45) is 4.83. The maximum absolute atomic E-state index is 6.51. The number of hydrogen-bond donors (Lipinski definition) is 1. The number of aryl methyl sites for hydroxylation is 1. The number of nitrogens with zero attached hydrogens (tertiary/aromatic N) is 2. The lowest BCUT2D eigenvalue weighted by atomic mass is 9.87. The van der Waals surface area contributed by atoms with Crippen LogP contribution in [0.15, 0.2) is 72.9 Å². The SMILES string of the molecule is COCCCn1ncc2ccc(CO[C@H]3CNCC[C@@H]3c3ccc(OCCCOCc4ccccc4OC)cc3)cc21. The highest BCUT2D eigenvalue weighted by molar-refractivity contribution is 5.79. The summed E-state index contributed by atoms with van der Waals surface area (Å²) < 4.78 is 31.0. The number of ether oxygens (including phenoxy) is 5. The molecule has 2 atom stereocenters. The molecule has 1 N–H and O–H groups in total. The summed E-state index contributed by atoms with van der Waals surface area (Å²) >= 11 is 0. The van der Waals surface area contributed by atoms with E-state index in [2.05, 4.69) is 57.6 Å². The third kappa shape index (κ3) is 8.10. The van der Waals surface area contributed by atoms with Crippen molar-refractivity contribution in [3.8, 4) is 11.5 Å². The molecule has 2 heterocycles. The number of methoxy groups -OCH3 is 2. The van der Waals surface area contributed by atoms with Crippen LogP contribution in [0.3, 0.4) is 0 Å². The van der Waals surface area contributed by atoms with Crippen LogP contribution in [0, 0.1) is 0 Å². The number of aromatic nitrogens is 2. The van der Waals surface area contributed by atoms with Crippen LogP contribution in [0.5, 0.6) is 11.5 Å². The molecule has 4 aromatic rings. The lowest BCUT2D eigenvalue weighted by molar-refractivity contribution is 0.0106. The van der Waals surface area contributed by atoms with Crippen LogP contribution in [0.4, 0.5) is 0 Å². The van der Waals surface area contributed by atoms with Gasteiger partial charge in [-0.3, -0.25) is 4.68 Å². The van der Waals surface area contributed by atoms with Gasteiger partial charge in [-0.2, -0.15) is 5.10 Å². The zero-order valence-electron chi connectivity index (χ0n) is 24.8. The molecule has 0 spiro atoms. The first-order valence-electron chi connectivity index (χ1n) is 14.9. The van der Waals surface area contributed by atoms with E-state index in [-0.39, 0.29) is 6.10 Å². The zero-order valence-corrected chi connectivity index (χ0v) is 24.8. The first kappa shape index (κ1) is 30.0. The standard InChI is InChI=1S/C34H43N3O5/c1-38-18-5-17-37-32-21-26(9-10-28(32)22-36-37)24-42-34-23-35-16-15-31(34)27-11-13-30(14-12-27)41-20-6-19-40-25-29-7-3-4-8-33(29)39-2/h3-4,7-14,21-22,31,34-35H,5-6,15-20,23-25H2,1-2H3/t31-,34+/m1/s1. The lowest BCUT2D eigenvalue weighted by Crippen LogP contribution is -2.40. The Hall–Kier alpha value is -3.43. The predicted octanol–water partition coefficient (Wildman–Crippen LogP) is 5.73. The minimum atomic E-state index is 0.105. The summed E-state index contributed by atoms with van der Waals surface area (Å²) in [5, 5.41) is 9.22. The first-order chi connectivity index (χ1) is 20.7. The molecule has 1 fully saturated rings. The van der Waals surface area contributed by atoms with Gasteiger partial charge in [-0.1, -0.05) is 42.5 Å². The van der Waals surface area contributed by atoms with Crippen molar-refractivity contribution in [3.05, 3.63) is 89.6 Å². The van der Waals surface area contributed by atoms with E-state index in [9.17, 15) is 0 Å². The van der Waals surface area contributed by atoms with E-state index >= 15 is 0 Å². The van der Waals surface area contributed by atoms with E-state index in [0.717, 1.165) is 79.0 Å². The molecule has 0 amide bonds. The predicted molar refractivity (Wildman–Crippen MR) is 164 cm³/mol.